The van der Waals surface area contributed by atoms with E-state index in [2.05, 4.69) is 5.32 Å². The first-order valence-electron chi connectivity index (χ1n) is 11.7. The summed E-state index contributed by atoms with van der Waals surface area (Å²) in [6.45, 7) is 6.42. The zero-order valence-electron chi connectivity index (χ0n) is 20.1. The van der Waals surface area contributed by atoms with Crippen LogP contribution in [0.5, 0.6) is 11.5 Å². The van der Waals surface area contributed by atoms with Crippen LogP contribution in [0.4, 0.5) is 0 Å². The molecule has 0 fully saturated rings. The Morgan fingerprint density at radius 1 is 1.00 bits per heavy atom. The maximum absolute atomic E-state index is 13.6. The van der Waals surface area contributed by atoms with E-state index >= 15 is 0 Å². The lowest BCUT2D eigenvalue weighted by Crippen LogP contribution is -2.36. The molecule has 6 heteroatoms. The van der Waals surface area contributed by atoms with Crippen LogP contribution in [0.2, 0.25) is 0 Å². The maximum atomic E-state index is 13.6. The Morgan fingerprint density at radius 2 is 1.76 bits per heavy atom. The summed E-state index contributed by atoms with van der Waals surface area (Å²) < 4.78 is 16.4. The van der Waals surface area contributed by atoms with Gasteiger partial charge in [-0.3, -0.25) is 4.79 Å². The van der Waals surface area contributed by atoms with Crippen molar-refractivity contribution in [2.75, 3.05) is 20.3 Å². The van der Waals surface area contributed by atoms with E-state index in [1.165, 1.54) is 0 Å². The number of methoxy groups -OCH3 is 1. The number of Topliss-reactive ketones (excluding diaryl/α,β-unsaturated/α-hetero) is 1. The summed E-state index contributed by atoms with van der Waals surface area (Å²) in [5.74, 6) is 0.710. The number of hydrogen-bond donors (Lipinski definition) is 1. The Morgan fingerprint density at radius 3 is 2.44 bits per heavy atom. The number of rotatable bonds is 7. The van der Waals surface area contributed by atoms with Crippen LogP contribution in [0.3, 0.4) is 0 Å². The molecule has 0 amide bonds. The monoisotopic (exact) mass is 461 g/mol. The number of carbonyl (C=O) groups is 2. The molecule has 0 saturated heterocycles. The number of allylic oxidation sites excluding steroid dienone is 3. The third-order valence-electron chi connectivity index (χ3n) is 6.41. The Kier molecular flexibility index (Phi) is 7.06. The molecule has 2 aromatic carbocycles. The first-order valence-corrected chi connectivity index (χ1v) is 11.7. The summed E-state index contributed by atoms with van der Waals surface area (Å²) in [5, 5.41) is 3.38. The summed E-state index contributed by atoms with van der Waals surface area (Å²) in [5.41, 5.74) is 4.66. The summed E-state index contributed by atoms with van der Waals surface area (Å²) in [6.07, 6.45) is 1.05. The summed E-state index contributed by atoms with van der Waals surface area (Å²) in [4.78, 5) is 26.6. The highest BCUT2D eigenvalue weighted by molar-refractivity contribution is 6.04. The molecular weight excluding hydrogens is 430 g/mol. The van der Waals surface area contributed by atoms with Crippen molar-refractivity contribution in [1.29, 1.82) is 0 Å². The molecule has 2 aliphatic rings. The molecule has 1 aliphatic carbocycles. The van der Waals surface area contributed by atoms with Gasteiger partial charge in [0.2, 0.25) is 0 Å². The molecule has 1 N–H and O–H groups in total. The van der Waals surface area contributed by atoms with E-state index in [1.54, 1.807) is 14.0 Å². The zero-order valence-corrected chi connectivity index (χ0v) is 20.1. The van der Waals surface area contributed by atoms with Crippen LogP contribution < -0.4 is 14.8 Å². The van der Waals surface area contributed by atoms with Crippen molar-refractivity contribution in [3.8, 4) is 11.5 Å². The van der Waals surface area contributed by atoms with Gasteiger partial charge in [-0.2, -0.15) is 0 Å². The standard InChI is InChI=1S/C28H31NO5/c1-5-33-21-12-10-18(11-13-21)26-25(28(31)34-6-2)17(3)29-23-15-20(16-24(30)27(23)26)19-8-7-9-22(14-19)32-4/h7-14,20,26,29H,5-6,15-16H2,1-4H3. The molecule has 1 heterocycles. The zero-order chi connectivity index (χ0) is 24.2. The minimum absolute atomic E-state index is 0.0340. The van der Waals surface area contributed by atoms with Crippen molar-refractivity contribution in [1.82, 2.24) is 5.32 Å². The third kappa shape index (κ3) is 4.58. The van der Waals surface area contributed by atoms with Crippen LogP contribution in [0.1, 0.15) is 56.6 Å². The highest BCUT2D eigenvalue weighted by Gasteiger charge is 2.41. The van der Waals surface area contributed by atoms with Crippen LogP contribution in [0.15, 0.2) is 71.1 Å². The average molecular weight is 462 g/mol. The molecule has 2 unspecified atom stereocenters. The second-order valence-corrected chi connectivity index (χ2v) is 8.52. The molecule has 34 heavy (non-hydrogen) atoms. The van der Waals surface area contributed by atoms with Crippen LogP contribution in [0, 0.1) is 0 Å². The fraction of sp³-hybridized carbons (Fsp3) is 0.357. The van der Waals surface area contributed by atoms with Gasteiger partial charge in [0.1, 0.15) is 11.5 Å². The van der Waals surface area contributed by atoms with Gasteiger partial charge in [0.15, 0.2) is 5.78 Å². The van der Waals surface area contributed by atoms with E-state index in [4.69, 9.17) is 14.2 Å². The number of hydrogen-bond acceptors (Lipinski definition) is 6. The van der Waals surface area contributed by atoms with E-state index in [0.29, 0.717) is 30.6 Å². The lowest BCUT2D eigenvalue weighted by atomic mass is 9.71. The van der Waals surface area contributed by atoms with Gasteiger partial charge < -0.3 is 19.5 Å². The molecule has 2 atom stereocenters. The van der Waals surface area contributed by atoms with Gasteiger partial charge in [0.25, 0.3) is 0 Å². The van der Waals surface area contributed by atoms with Crippen molar-refractivity contribution < 1.29 is 23.8 Å². The van der Waals surface area contributed by atoms with Crippen LogP contribution in [0.25, 0.3) is 0 Å². The van der Waals surface area contributed by atoms with Crippen LogP contribution in [-0.4, -0.2) is 32.1 Å². The Labute approximate surface area is 200 Å². The molecule has 0 saturated carbocycles. The van der Waals surface area contributed by atoms with Crippen molar-refractivity contribution in [3.05, 3.63) is 82.2 Å². The van der Waals surface area contributed by atoms with E-state index in [0.717, 1.165) is 34.0 Å². The molecule has 0 spiro atoms. The first-order chi connectivity index (χ1) is 16.5. The second kappa shape index (κ2) is 10.2. The number of esters is 1. The van der Waals surface area contributed by atoms with E-state index in [1.807, 2.05) is 62.4 Å². The molecule has 2 aromatic rings. The minimum atomic E-state index is -0.482. The first kappa shape index (κ1) is 23.6. The van der Waals surface area contributed by atoms with E-state index < -0.39 is 11.9 Å². The van der Waals surface area contributed by atoms with Crippen LogP contribution in [-0.2, 0) is 14.3 Å². The predicted molar refractivity (Wildman–Crippen MR) is 130 cm³/mol. The second-order valence-electron chi connectivity index (χ2n) is 8.52. The predicted octanol–water partition coefficient (Wildman–Crippen LogP) is 5.02. The molecule has 4 rings (SSSR count). The van der Waals surface area contributed by atoms with E-state index in [9.17, 15) is 9.59 Å². The van der Waals surface area contributed by atoms with Crippen molar-refractivity contribution >= 4 is 11.8 Å². The largest absolute Gasteiger partial charge is 0.497 e. The van der Waals surface area contributed by atoms with Crippen molar-refractivity contribution in [2.24, 2.45) is 0 Å². The number of ketones is 1. The van der Waals surface area contributed by atoms with Gasteiger partial charge in [-0.15, -0.1) is 0 Å². The number of benzene rings is 2. The van der Waals surface area contributed by atoms with Gasteiger partial charge in [-0.25, -0.2) is 4.79 Å². The highest BCUT2D eigenvalue weighted by atomic mass is 16.5. The number of nitrogens with one attached hydrogen (secondary N) is 1. The topological polar surface area (TPSA) is 73.9 Å². The number of carbonyl (C=O) groups excluding carboxylic acids is 2. The molecular formula is C28H31NO5. The lowest BCUT2D eigenvalue weighted by Gasteiger charge is -2.36. The van der Waals surface area contributed by atoms with Gasteiger partial charge in [-0.05, 0) is 68.5 Å². The van der Waals surface area contributed by atoms with Gasteiger partial charge in [0, 0.05) is 29.3 Å². The SMILES string of the molecule is CCOC(=O)C1=C(C)NC2=C(C(=O)CC(c3cccc(OC)c3)C2)C1c1ccc(OCC)cc1. The van der Waals surface area contributed by atoms with Gasteiger partial charge in [-0.1, -0.05) is 24.3 Å². The summed E-state index contributed by atoms with van der Waals surface area (Å²) in [7, 11) is 1.64. The van der Waals surface area contributed by atoms with Crippen LogP contribution >= 0.6 is 0 Å². The minimum Gasteiger partial charge on any atom is -0.497 e. The molecule has 0 aromatic heterocycles. The molecule has 0 radical (unpaired) electrons. The third-order valence-corrected chi connectivity index (χ3v) is 6.41. The highest BCUT2D eigenvalue weighted by Crippen LogP contribution is 2.46. The molecule has 0 bridgehead atoms. The number of dihydropyridines is 1. The normalized spacial score (nSPS) is 19.9. The Hall–Kier alpha value is -3.54. The average Bonchev–Trinajstić information content (AvgIpc) is 2.84. The lowest BCUT2D eigenvalue weighted by molar-refractivity contribution is -0.138. The van der Waals surface area contributed by atoms with Gasteiger partial charge >= 0.3 is 5.97 Å². The number of ether oxygens (including phenoxy) is 3. The van der Waals surface area contributed by atoms with Gasteiger partial charge in [0.05, 0.1) is 25.9 Å². The summed E-state index contributed by atoms with van der Waals surface area (Å²) >= 11 is 0. The molecule has 178 valence electrons. The Bertz CT molecular complexity index is 1150. The fourth-order valence-corrected chi connectivity index (χ4v) is 4.91. The quantitative estimate of drug-likeness (QED) is 0.584. The molecule has 6 nitrogen and oxygen atoms in total. The maximum Gasteiger partial charge on any atom is 0.336 e. The smallest absolute Gasteiger partial charge is 0.336 e. The van der Waals surface area contributed by atoms with Crippen molar-refractivity contribution in [2.45, 2.75) is 45.4 Å². The molecule has 1 aliphatic heterocycles. The van der Waals surface area contributed by atoms with Crippen molar-refractivity contribution in [3.63, 3.8) is 0 Å². The summed E-state index contributed by atoms with van der Waals surface area (Å²) in [6, 6.07) is 15.5. The fourth-order valence-electron chi connectivity index (χ4n) is 4.91. The Balaban J connectivity index is 1.76. The van der Waals surface area contributed by atoms with E-state index in [-0.39, 0.29) is 18.3 Å².